The van der Waals surface area contributed by atoms with Gasteiger partial charge in [-0.1, -0.05) is 140 Å². The van der Waals surface area contributed by atoms with Crippen molar-refractivity contribution in [3.63, 3.8) is 0 Å². The molecule has 0 aliphatic heterocycles. The van der Waals surface area contributed by atoms with Gasteiger partial charge in [-0.25, -0.2) is 0 Å². The van der Waals surface area contributed by atoms with Gasteiger partial charge < -0.3 is 28.6 Å². The van der Waals surface area contributed by atoms with Crippen LogP contribution < -0.4 is 5.11 Å². The number of hydrogen-bond donors (Lipinski definition) is 0. The van der Waals surface area contributed by atoms with E-state index in [9.17, 15) is 19.5 Å². The molecular weight excluding hydrogens is 679 g/mol. The summed E-state index contributed by atoms with van der Waals surface area (Å²) in [5.41, 5.74) is 0. The Morgan fingerprint density at radius 1 is 0.556 bits per heavy atom. The molecule has 2 unspecified atom stereocenters. The normalized spacial score (nSPS) is 13.3. The number of carbonyl (C=O) groups is 3. The second-order valence-electron chi connectivity index (χ2n) is 16.0. The predicted octanol–water partition coefficient (Wildman–Crippen LogP) is 10.5. The molecule has 0 amide bonds. The number of hydrogen-bond acceptors (Lipinski definition) is 7. The number of carboxylic acids is 1. The molecule has 0 bridgehead atoms. The summed E-state index contributed by atoms with van der Waals surface area (Å²) >= 11 is 0. The first-order valence-corrected chi connectivity index (χ1v) is 22.0. The van der Waals surface area contributed by atoms with Crippen molar-refractivity contribution in [2.45, 2.75) is 199 Å². The van der Waals surface area contributed by atoms with Gasteiger partial charge in [0.1, 0.15) is 12.6 Å². The average molecular weight is 762 g/mol. The van der Waals surface area contributed by atoms with Crippen LogP contribution in [0.2, 0.25) is 0 Å². The lowest BCUT2D eigenvalue weighted by Gasteiger charge is -2.34. The molecule has 0 aliphatic rings. The topological polar surface area (TPSA) is 102 Å². The summed E-state index contributed by atoms with van der Waals surface area (Å²) in [6, 6.07) is -0.731. The lowest BCUT2D eigenvalue weighted by Crippen LogP contribution is -2.55. The highest BCUT2D eigenvalue weighted by Crippen LogP contribution is 2.13. The van der Waals surface area contributed by atoms with Crippen molar-refractivity contribution in [2.75, 3.05) is 41.0 Å². The van der Waals surface area contributed by atoms with Crippen LogP contribution in [-0.4, -0.2) is 75.5 Å². The molecule has 54 heavy (non-hydrogen) atoms. The molecule has 0 saturated carbocycles. The highest BCUT2D eigenvalue weighted by molar-refractivity contribution is 5.70. The smallest absolute Gasteiger partial charge is 0.306 e. The molecular formula is C46H83NO7. The Morgan fingerprint density at radius 2 is 0.981 bits per heavy atom. The number of allylic oxidation sites excluding steroid dienone is 6. The van der Waals surface area contributed by atoms with Crippen LogP contribution in [0.25, 0.3) is 0 Å². The van der Waals surface area contributed by atoms with E-state index in [1.807, 2.05) is 0 Å². The van der Waals surface area contributed by atoms with E-state index >= 15 is 0 Å². The van der Waals surface area contributed by atoms with Crippen molar-refractivity contribution in [3.8, 4) is 0 Å². The molecule has 0 rings (SSSR count). The van der Waals surface area contributed by atoms with Gasteiger partial charge >= 0.3 is 11.9 Å². The Hall–Kier alpha value is -2.45. The van der Waals surface area contributed by atoms with Crippen LogP contribution in [0.1, 0.15) is 187 Å². The number of carbonyl (C=O) groups excluding carboxylic acids is 3. The summed E-state index contributed by atoms with van der Waals surface area (Å²) in [7, 11) is 5.39. The number of aliphatic carboxylic acids is 1. The predicted molar refractivity (Wildman–Crippen MR) is 222 cm³/mol. The Bertz CT molecular complexity index is 984. The highest BCUT2D eigenvalue weighted by atomic mass is 16.6. The quantitative estimate of drug-likeness (QED) is 0.0202. The number of rotatable bonds is 39. The number of ether oxygens (including phenoxy) is 3. The third-order valence-corrected chi connectivity index (χ3v) is 9.78. The Balaban J connectivity index is 4.42. The Labute approximate surface area is 332 Å². The van der Waals surface area contributed by atoms with Gasteiger partial charge in [-0.15, -0.1) is 0 Å². The molecule has 0 radical (unpaired) electrons. The first kappa shape index (κ1) is 51.5. The molecule has 0 heterocycles. The van der Waals surface area contributed by atoms with Crippen LogP contribution in [0, 0.1) is 0 Å². The molecule has 0 N–H and O–H groups in total. The van der Waals surface area contributed by atoms with Crippen LogP contribution in [0.4, 0.5) is 0 Å². The van der Waals surface area contributed by atoms with E-state index in [2.05, 4.69) is 50.3 Å². The molecule has 314 valence electrons. The Kier molecular flexibility index (Phi) is 35.8. The van der Waals surface area contributed by atoms with Crippen LogP contribution in [-0.2, 0) is 28.6 Å². The van der Waals surface area contributed by atoms with Gasteiger partial charge in [-0.3, -0.25) is 9.59 Å². The number of likely N-dealkylation sites (N-methyl/N-ethyl adjacent to an activating group) is 1. The molecule has 8 heteroatoms. The third kappa shape index (κ3) is 35.3. The molecule has 0 spiro atoms. The van der Waals surface area contributed by atoms with Crippen molar-refractivity contribution in [1.82, 2.24) is 0 Å². The van der Waals surface area contributed by atoms with Crippen molar-refractivity contribution < 1.29 is 38.2 Å². The molecule has 0 aromatic rings. The van der Waals surface area contributed by atoms with E-state index in [0.29, 0.717) is 6.42 Å². The fourth-order valence-electron chi connectivity index (χ4n) is 6.29. The van der Waals surface area contributed by atoms with Gasteiger partial charge in [0.2, 0.25) is 0 Å². The van der Waals surface area contributed by atoms with Gasteiger partial charge in [-0.2, -0.15) is 0 Å². The van der Waals surface area contributed by atoms with Crippen molar-refractivity contribution in [3.05, 3.63) is 36.5 Å². The minimum absolute atomic E-state index is 0.0262. The molecule has 0 aromatic carbocycles. The van der Waals surface area contributed by atoms with Gasteiger partial charge in [0.05, 0.1) is 40.3 Å². The lowest BCUT2D eigenvalue weighted by molar-refractivity contribution is -0.889. The van der Waals surface area contributed by atoms with E-state index in [4.69, 9.17) is 14.2 Å². The van der Waals surface area contributed by atoms with Crippen molar-refractivity contribution >= 4 is 17.9 Å². The number of nitrogens with zero attached hydrogens (tertiary/aromatic N) is 1. The van der Waals surface area contributed by atoms with Gasteiger partial charge in [0, 0.05) is 19.3 Å². The van der Waals surface area contributed by atoms with Gasteiger partial charge in [0.15, 0.2) is 6.10 Å². The average Bonchev–Trinajstić information content (AvgIpc) is 3.12. The molecule has 0 aromatic heterocycles. The maximum absolute atomic E-state index is 12.7. The number of carboxylic acid groups (broad SMARTS) is 1. The number of unbranched alkanes of at least 4 members (excludes halogenated alkanes) is 20. The summed E-state index contributed by atoms with van der Waals surface area (Å²) < 4.78 is 17.1. The monoisotopic (exact) mass is 762 g/mol. The first-order chi connectivity index (χ1) is 26.1. The second-order valence-corrected chi connectivity index (χ2v) is 16.0. The van der Waals surface area contributed by atoms with E-state index in [1.54, 1.807) is 21.1 Å². The van der Waals surface area contributed by atoms with E-state index in [0.717, 1.165) is 64.2 Å². The third-order valence-electron chi connectivity index (χ3n) is 9.78. The Morgan fingerprint density at radius 3 is 1.44 bits per heavy atom. The van der Waals surface area contributed by atoms with E-state index in [-0.39, 0.29) is 49.1 Å². The molecule has 8 nitrogen and oxygen atoms in total. The largest absolute Gasteiger partial charge is 0.544 e. The fourth-order valence-corrected chi connectivity index (χ4v) is 6.29. The molecule has 2 atom stereocenters. The van der Waals surface area contributed by atoms with Crippen LogP contribution in [0.5, 0.6) is 0 Å². The van der Waals surface area contributed by atoms with Crippen LogP contribution in [0.3, 0.4) is 0 Å². The summed E-state index contributed by atoms with van der Waals surface area (Å²) in [6.45, 7) is 4.61. The molecule has 0 aliphatic carbocycles. The summed E-state index contributed by atoms with van der Waals surface area (Å²) in [5.74, 6) is -1.79. The SMILES string of the molecule is CCCCCCCCC/C=C/C=C/CCCCCC(=O)OC(COCCC(C(=O)[O-])[N+](C)(C)C)COC(=O)CCCCC/C=C/CCCCCCCCC. The number of esters is 2. The van der Waals surface area contributed by atoms with Gasteiger partial charge in [0.25, 0.3) is 0 Å². The first-order valence-electron chi connectivity index (χ1n) is 22.0. The van der Waals surface area contributed by atoms with Gasteiger partial charge in [-0.05, 0) is 64.2 Å². The van der Waals surface area contributed by atoms with E-state index < -0.39 is 18.1 Å². The van der Waals surface area contributed by atoms with Crippen LogP contribution >= 0.6 is 0 Å². The lowest BCUT2D eigenvalue weighted by atomic mass is 10.1. The minimum Gasteiger partial charge on any atom is -0.544 e. The molecule has 0 fully saturated rings. The van der Waals surface area contributed by atoms with E-state index in [1.165, 1.54) is 89.9 Å². The maximum atomic E-state index is 12.7. The maximum Gasteiger partial charge on any atom is 0.306 e. The zero-order chi connectivity index (χ0) is 40.0. The summed E-state index contributed by atoms with van der Waals surface area (Å²) in [6.07, 6.45) is 41.7. The second kappa shape index (κ2) is 37.5. The number of quaternary nitrogens is 1. The summed E-state index contributed by atoms with van der Waals surface area (Å²) in [4.78, 5) is 36.8. The zero-order valence-electron chi connectivity index (χ0n) is 35.6. The standard InChI is InChI=1S/C46H83NO7/c1-6-8-10-12-14-16-18-20-22-23-25-27-29-31-33-35-37-45(49)54-42(40-52-39-38-43(46(50)51)47(3,4)5)41-53-44(48)36-34-32-30-28-26-24-21-19-17-15-13-11-9-7-2/h22-27,42-43H,6-21,28-41H2,1-5H3/b23-22+,26-24+,27-25+. The zero-order valence-corrected chi connectivity index (χ0v) is 35.6. The van der Waals surface area contributed by atoms with Crippen molar-refractivity contribution in [1.29, 1.82) is 0 Å². The molecule has 0 saturated heterocycles. The minimum atomic E-state index is -1.13. The van der Waals surface area contributed by atoms with Crippen molar-refractivity contribution in [2.24, 2.45) is 0 Å². The van der Waals surface area contributed by atoms with Crippen LogP contribution in [0.15, 0.2) is 36.5 Å². The fraction of sp³-hybridized carbons (Fsp3) is 0.804. The highest BCUT2D eigenvalue weighted by Gasteiger charge is 2.25. The summed E-state index contributed by atoms with van der Waals surface area (Å²) in [5, 5.41) is 11.6.